The van der Waals surface area contributed by atoms with Gasteiger partial charge in [-0.25, -0.2) is 0 Å². The molecule has 0 bridgehead atoms. The molecule has 3 heteroatoms. The maximum absolute atomic E-state index is 4.38. The van der Waals surface area contributed by atoms with Crippen LogP contribution in [-0.4, -0.2) is 36.6 Å². The number of rotatable bonds is 6. The van der Waals surface area contributed by atoms with Crippen LogP contribution in [0.4, 0.5) is 5.69 Å². The Morgan fingerprint density at radius 3 is 2.86 bits per heavy atom. The number of hydrogen-bond acceptors (Lipinski definition) is 3. The molecule has 0 saturated heterocycles. The third-order valence-electron chi connectivity index (χ3n) is 4.27. The van der Waals surface area contributed by atoms with E-state index < -0.39 is 0 Å². The van der Waals surface area contributed by atoms with Crippen LogP contribution in [0.3, 0.4) is 0 Å². The molecule has 1 atom stereocenters. The summed E-state index contributed by atoms with van der Waals surface area (Å²) in [5.74, 6) is 0.651. The highest BCUT2D eigenvalue weighted by Gasteiger charge is 2.21. The molecule has 21 heavy (non-hydrogen) atoms. The van der Waals surface area contributed by atoms with E-state index in [4.69, 9.17) is 0 Å². The van der Waals surface area contributed by atoms with Gasteiger partial charge in [0.15, 0.2) is 0 Å². The lowest BCUT2D eigenvalue weighted by Crippen LogP contribution is -2.24. The average molecular weight is 281 g/mol. The first-order valence-corrected chi connectivity index (χ1v) is 7.74. The summed E-state index contributed by atoms with van der Waals surface area (Å²) in [5, 5.41) is 3.50. The molecule has 0 amide bonds. The van der Waals surface area contributed by atoms with E-state index >= 15 is 0 Å². The standard InChI is InChI=1S/C18H23N3/c1-21(13-10-16-6-4-5-11-19-16)12-9-15-14-20-18-8-3-2-7-17(15)18/h2-8,11,15,20H,9-10,12-14H2,1H3. The van der Waals surface area contributed by atoms with Crippen LogP contribution >= 0.6 is 0 Å². The molecule has 0 fully saturated rings. The first-order valence-electron chi connectivity index (χ1n) is 7.74. The van der Waals surface area contributed by atoms with E-state index in [-0.39, 0.29) is 0 Å². The van der Waals surface area contributed by atoms with Gasteiger partial charge in [0.05, 0.1) is 0 Å². The van der Waals surface area contributed by atoms with Crippen molar-refractivity contribution in [1.29, 1.82) is 0 Å². The number of benzene rings is 1. The smallest absolute Gasteiger partial charge is 0.0416 e. The van der Waals surface area contributed by atoms with Crippen LogP contribution in [0.5, 0.6) is 0 Å². The fourth-order valence-electron chi connectivity index (χ4n) is 2.95. The maximum atomic E-state index is 4.38. The molecule has 0 spiro atoms. The lowest BCUT2D eigenvalue weighted by molar-refractivity contribution is 0.323. The number of aromatic nitrogens is 1. The minimum absolute atomic E-state index is 0.651. The number of nitrogens with zero attached hydrogens (tertiary/aromatic N) is 2. The van der Waals surface area contributed by atoms with E-state index in [0.29, 0.717) is 5.92 Å². The molecule has 1 aromatic carbocycles. The Morgan fingerprint density at radius 1 is 1.14 bits per heavy atom. The molecule has 1 unspecified atom stereocenters. The number of fused-ring (bicyclic) bond motifs is 1. The largest absolute Gasteiger partial charge is 0.384 e. The van der Waals surface area contributed by atoms with Gasteiger partial charge in [-0.3, -0.25) is 4.98 Å². The number of likely N-dealkylation sites (N-methyl/N-ethyl adjacent to an activating group) is 1. The van der Waals surface area contributed by atoms with Crippen LogP contribution in [0, 0.1) is 0 Å². The second-order valence-corrected chi connectivity index (χ2v) is 5.83. The Kier molecular flexibility index (Phi) is 4.51. The Labute approximate surface area is 127 Å². The lowest BCUT2D eigenvalue weighted by atomic mass is 9.98. The molecule has 2 heterocycles. The predicted molar refractivity (Wildman–Crippen MR) is 87.7 cm³/mol. The first-order chi connectivity index (χ1) is 10.3. The Morgan fingerprint density at radius 2 is 2.00 bits per heavy atom. The van der Waals surface area contributed by atoms with Crippen molar-refractivity contribution in [2.75, 3.05) is 32.0 Å². The van der Waals surface area contributed by atoms with E-state index in [2.05, 4.69) is 58.6 Å². The zero-order valence-corrected chi connectivity index (χ0v) is 12.6. The quantitative estimate of drug-likeness (QED) is 0.881. The zero-order valence-electron chi connectivity index (χ0n) is 12.6. The molecular weight excluding hydrogens is 258 g/mol. The summed E-state index contributed by atoms with van der Waals surface area (Å²) in [6, 6.07) is 14.8. The normalized spacial score (nSPS) is 16.8. The molecular formula is C18H23N3. The fourth-order valence-corrected chi connectivity index (χ4v) is 2.95. The topological polar surface area (TPSA) is 28.2 Å². The van der Waals surface area contributed by atoms with Crippen molar-refractivity contribution < 1.29 is 0 Å². The molecule has 3 rings (SSSR count). The minimum Gasteiger partial charge on any atom is -0.384 e. The second-order valence-electron chi connectivity index (χ2n) is 5.83. The molecule has 1 aliphatic heterocycles. The summed E-state index contributed by atoms with van der Waals surface area (Å²) in [6.07, 6.45) is 4.11. The summed E-state index contributed by atoms with van der Waals surface area (Å²) in [6.45, 7) is 3.28. The maximum Gasteiger partial charge on any atom is 0.0416 e. The molecule has 0 saturated carbocycles. The third-order valence-corrected chi connectivity index (χ3v) is 4.27. The van der Waals surface area contributed by atoms with E-state index in [0.717, 1.165) is 26.1 Å². The molecule has 1 aliphatic rings. The summed E-state index contributed by atoms with van der Waals surface area (Å²) < 4.78 is 0. The molecule has 0 aliphatic carbocycles. The highest BCUT2D eigenvalue weighted by molar-refractivity contribution is 5.57. The predicted octanol–water partition coefficient (Wildman–Crippen LogP) is 3.16. The molecule has 110 valence electrons. The van der Waals surface area contributed by atoms with Crippen LogP contribution < -0.4 is 5.32 Å². The van der Waals surface area contributed by atoms with Crippen LogP contribution in [-0.2, 0) is 6.42 Å². The monoisotopic (exact) mass is 281 g/mol. The van der Waals surface area contributed by atoms with Crippen molar-refractivity contribution in [3.8, 4) is 0 Å². The number of para-hydroxylation sites is 1. The third kappa shape index (κ3) is 3.61. The van der Waals surface area contributed by atoms with Gasteiger partial charge in [0.1, 0.15) is 0 Å². The fraction of sp³-hybridized carbons (Fsp3) is 0.389. The Bertz CT molecular complexity index is 568. The van der Waals surface area contributed by atoms with Crippen molar-refractivity contribution >= 4 is 5.69 Å². The van der Waals surface area contributed by atoms with Gasteiger partial charge in [-0.2, -0.15) is 0 Å². The van der Waals surface area contributed by atoms with E-state index in [1.807, 2.05) is 12.3 Å². The SMILES string of the molecule is CN(CCc1ccccn1)CCC1CNc2ccccc21. The molecule has 1 N–H and O–H groups in total. The summed E-state index contributed by atoms with van der Waals surface area (Å²) in [7, 11) is 2.21. The van der Waals surface area contributed by atoms with Gasteiger partial charge in [0.2, 0.25) is 0 Å². The molecule has 0 radical (unpaired) electrons. The van der Waals surface area contributed by atoms with Gasteiger partial charge >= 0.3 is 0 Å². The molecule has 1 aromatic heterocycles. The highest BCUT2D eigenvalue weighted by Crippen LogP contribution is 2.33. The van der Waals surface area contributed by atoms with Crippen LogP contribution in [0.1, 0.15) is 23.6 Å². The summed E-state index contributed by atoms with van der Waals surface area (Å²) >= 11 is 0. The number of hydrogen-bond donors (Lipinski definition) is 1. The van der Waals surface area contributed by atoms with Gasteiger partial charge in [-0.05, 0) is 43.8 Å². The number of anilines is 1. The summed E-state index contributed by atoms with van der Waals surface area (Å²) in [4.78, 5) is 6.79. The van der Waals surface area contributed by atoms with Gasteiger partial charge in [-0.1, -0.05) is 24.3 Å². The highest BCUT2D eigenvalue weighted by atomic mass is 15.1. The van der Waals surface area contributed by atoms with Crippen LogP contribution in [0.15, 0.2) is 48.7 Å². The Balaban J connectivity index is 1.45. The van der Waals surface area contributed by atoms with E-state index in [9.17, 15) is 0 Å². The van der Waals surface area contributed by atoms with Gasteiger partial charge in [0.25, 0.3) is 0 Å². The van der Waals surface area contributed by atoms with Crippen molar-refractivity contribution in [3.05, 3.63) is 59.9 Å². The molecule has 3 nitrogen and oxygen atoms in total. The van der Waals surface area contributed by atoms with Gasteiger partial charge in [0, 0.05) is 43.0 Å². The second kappa shape index (κ2) is 6.72. The van der Waals surface area contributed by atoms with Crippen LogP contribution in [0.25, 0.3) is 0 Å². The number of pyridine rings is 1. The lowest BCUT2D eigenvalue weighted by Gasteiger charge is -2.19. The van der Waals surface area contributed by atoms with Gasteiger partial charge < -0.3 is 10.2 Å². The molecule has 2 aromatic rings. The first kappa shape index (κ1) is 14.1. The van der Waals surface area contributed by atoms with E-state index in [1.54, 1.807) is 0 Å². The zero-order chi connectivity index (χ0) is 14.5. The summed E-state index contributed by atoms with van der Waals surface area (Å²) in [5.41, 5.74) is 3.98. The van der Waals surface area contributed by atoms with Crippen LogP contribution in [0.2, 0.25) is 0 Å². The van der Waals surface area contributed by atoms with Crippen molar-refractivity contribution in [2.24, 2.45) is 0 Å². The number of nitrogens with one attached hydrogen (secondary N) is 1. The van der Waals surface area contributed by atoms with Gasteiger partial charge in [-0.15, -0.1) is 0 Å². The average Bonchev–Trinajstić information content (AvgIpc) is 2.95. The van der Waals surface area contributed by atoms with Crippen molar-refractivity contribution in [1.82, 2.24) is 9.88 Å². The minimum atomic E-state index is 0.651. The Hall–Kier alpha value is -1.87. The van der Waals surface area contributed by atoms with E-state index in [1.165, 1.54) is 23.4 Å². The van der Waals surface area contributed by atoms with Crippen molar-refractivity contribution in [2.45, 2.75) is 18.8 Å². The van der Waals surface area contributed by atoms with Crippen molar-refractivity contribution in [3.63, 3.8) is 0 Å².